The Hall–Kier alpha value is -1.50. The van der Waals surface area contributed by atoms with E-state index in [-0.39, 0.29) is 24.9 Å². The first-order valence-electron chi connectivity index (χ1n) is 7.47. The average Bonchev–Trinajstić information content (AvgIpc) is 2.99. The first-order chi connectivity index (χ1) is 10.5. The van der Waals surface area contributed by atoms with Crippen LogP contribution in [0.3, 0.4) is 0 Å². The zero-order valence-corrected chi connectivity index (χ0v) is 14.3. The average molecular weight is 345 g/mol. The lowest BCUT2D eigenvalue weighted by atomic mass is 9.98. The maximum Gasteiger partial charge on any atom is 0.240 e. The van der Waals surface area contributed by atoms with E-state index in [1.807, 2.05) is 0 Å². The molecule has 6 nitrogen and oxygen atoms in total. The third kappa shape index (κ3) is 4.50. The van der Waals surface area contributed by atoms with Gasteiger partial charge in [0.2, 0.25) is 5.91 Å². The molecule has 0 aromatic heterocycles. The molecule has 1 amide bonds. The summed E-state index contributed by atoms with van der Waals surface area (Å²) in [5.74, 6) is 0.962. The number of amides is 1. The summed E-state index contributed by atoms with van der Waals surface area (Å²) in [6.45, 7) is 0.0846. The molecule has 0 saturated heterocycles. The molecule has 0 heterocycles. The molecule has 0 spiro atoms. The number of halogens is 1. The second-order valence-corrected chi connectivity index (χ2v) is 5.70. The highest BCUT2D eigenvalue weighted by Gasteiger charge is 2.37. The van der Waals surface area contributed by atoms with Gasteiger partial charge in [0.05, 0.1) is 25.9 Å². The summed E-state index contributed by atoms with van der Waals surface area (Å²) in [6.07, 6.45) is 2.43. The highest BCUT2D eigenvalue weighted by Crippen LogP contribution is 2.30. The Labute approximate surface area is 142 Å². The minimum atomic E-state index is -0.890. The fourth-order valence-electron chi connectivity index (χ4n) is 2.81. The fraction of sp³-hybridized carbons (Fsp3) is 0.562. The highest BCUT2D eigenvalue weighted by molar-refractivity contribution is 5.86. The predicted molar refractivity (Wildman–Crippen MR) is 90.1 cm³/mol. The Morgan fingerprint density at radius 3 is 2.57 bits per heavy atom. The van der Waals surface area contributed by atoms with Crippen molar-refractivity contribution >= 4 is 18.3 Å². The van der Waals surface area contributed by atoms with Crippen molar-refractivity contribution in [3.63, 3.8) is 0 Å². The zero-order chi connectivity index (χ0) is 16.2. The summed E-state index contributed by atoms with van der Waals surface area (Å²) in [4.78, 5) is 12.2. The molecule has 2 rings (SSSR count). The molecule has 23 heavy (non-hydrogen) atoms. The summed E-state index contributed by atoms with van der Waals surface area (Å²) in [7, 11) is 3.09. The molecule has 1 saturated carbocycles. The predicted octanol–water partition coefficient (Wildman–Crippen LogP) is 1.55. The van der Waals surface area contributed by atoms with Crippen molar-refractivity contribution in [2.75, 3.05) is 20.8 Å². The number of hydrogen-bond acceptors (Lipinski definition) is 5. The Morgan fingerprint density at radius 2 is 2.00 bits per heavy atom. The van der Waals surface area contributed by atoms with Crippen LogP contribution in [0.1, 0.15) is 37.4 Å². The SMILES string of the molecule is COc1ccc(OC)c(C(O)CNC(=O)C2(N)CCCC2)c1.Cl. The van der Waals surface area contributed by atoms with E-state index in [0.717, 1.165) is 12.8 Å². The van der Waals surface area contributed by atoms with Crippen LogP contribution in [0.15, 0.2) is 18.2 Å². The fourth-order valence-corrected chi connectivity index (χ4v) is 2.81. The number of benzene rings is 1. The van der Waals surface area contributed by atoms with Gasteiger partial charge in [-0.25, -0.2) is 0 Å². The number of ether oxygens (including phenoxy) is 2. The van der Waals surface area contributed by atoms with E-state index in [2.05, 4.69) is 5.32 Å². The van der Waals surface area contributed by atoms with Gasteiger partial charge in [0, 0.05) is 12.1 Å². The Bertz CT molecular complexity index is 533. The van der Waals surface area contributed by atoms with Crippen molar-refractivity contribution in [1.29, 1.82) is 0 Å². The minimum Gasteiger partial charge on any atom is -0.497 e. The van der Waals surface area contributed by atoms with Crippen molar-refractivity contribution in [1.82, 2.24) is 5.32 Å². The van der Waals surface area contributed by atoms with Gasteiger partial charge in [-0.15, -0.1) is 12.4 Å². The van der Waals surface area contributed by atoms with Crippen LogP contribution >= 0.6 is 12.4 Å². The van der Waals surface area contributed by atoms with Gasteiger partial charge in [0.15, 0.2) is 0 Å². The molecule has 1 aromatic rings. The number of aliphatic hydroxyl groups is 1. The number of rotatable bonds is 6. The molecule has 0 bridgehead atoms. The maximum atomic E-state index is 12.2. The van der Waals surface area contributed by atoms with Crippen molar-refractivity contribution in [3.05, 3.63) is 23.8 Å². The third-order valence-electron chi connectivity index (χ3n) is 4.20. The molecule has 1 aliphatic carbocycles. The van der Waals surface area contributed by atoms with Gasteiger partial charge in [0.25, 0.3) is 0 Å². The topological polar surface area (TPSA) is 93.8 Å². The van der Waals surface area contributed by atoms with Crippen LogP contribution in [0.25, 0.3) is 0 Å². The van der Waals surface area contributed by atoms with Gasteiger partial charge in [-0.1, -0.05) is 12.8 Å². The Kier molecular flexibility index (Phi) is 7.12. The standard InChI is InChI=1S/C16H24N2O4.ClH/c1-21-11-5-6-14(22-2)12(9-11)13(19)10-18-15(20)16(17)7-3-4-8-16;/h5-6,9,13,19H,3-4,7-8,10,17H2,1-2H3,(H,18,20);1H. The van der Waals surface area contributed by atoms with E-state index in [1.54, 1.807) is 25.3 Å². The van der Waals surface area contributed by atoms with Gasteiger partial charge in [-0.05, 0) is 31.0 Å². The normalized spacial score (nSPS) is 17.0. The van der Waals surface area contributed by atoms with Crippen LogP contribution in [-0.4, -0.2) is 37.3 Å². The number of methoxy groups -OCH3 is 2. The second-order valence-electron chi connectivity index (χ2n) is 5.70. The first-order valence-corrected chi connectivity index (χ1v) is 7.47. The smallest absolute Gasteiger partial charge is 0.240 e. The molecular formula is C16H25ClN2O4. The van der Waals surface area contributed by atoms with Gasteiger partial charge in [0.1, 0.15) is 11.5 Å². The number of aliphatic hydroxyl groups excluding tert-OH is 1. The van der Waals surface area contributed by atoms with Crippen LogP contribution in [0, 0.1) is 0 Å². The molecule has 4 N–H and O–H groups in total. The zero-order valence-electron chi connectivity index (χ0n) is 13.5. The Balaban J connectivity index is 0.00000264. The van der Waals surface area contributed by atoms with Gasteiger partial charge < -0.3 is 25.6 Å². The van der Waals surface area contributed by atoms with E-state index >= 15 is 0 Å². The summed E-state index contributed by atoms with van der Waals surface area (Å²) >= 11 is 0. The first kappa shape index (κ1) is 19.5. The van der Waals surface area contributed by atoms with Gasteiger partial charge in [-0.2, -0.15) is 0 Å². The molecule has 1 aromatic carbocycles. The summed E-state index contributed by atoms with van der Waals surface area (Å²) in [5, 5.41) is 13.1. The van der Waals surface area contributed by atoms with Crippen molar-refractivity contribution < 1.29 is 19.4 Å². The molecular weight excluding hydrogens is 320 g/mol. The van der Waals surface area contributed by atoms with Crippen LogP contribution in [-0.2, 0) is 4.79 Å². The van der Waals surface area contributed by atoms with E-state index in [0.29, 0.717) is 29.9 Å². The molecule has 1 unspecified atom stereocenters. The minimum absolute atomic E-state index is 0. The molecule has 1 atom stereocenters. The maximum absolute atomic E-state index is 12.2. The quantitative estimate of drug-likeness (QED) is 0.728. The van der Waals surface area contributed by atoms with Crippen molar-refractivity contribution in [2.24, 2.45) is 5.73 Å². The summed E-state index contributed by atoms with van der Waals surface area (Å²) < 4.78 is 10.4. The van der Waals surface area contributed by atoms with E-state index < -0.39 is 11.6 Å². The van der Waals surface area contributed by atoms with Crippen LogP contribution < -0.4 is 20.5 Å². The summed E-state index contributed by atoms with van der Waals surface area (Å²) in [5.41, 5.74) is 5.87. The van der Waals surface area contributed by atoms with Gasteiger partial charge >= 0.3 is 0 Å². The lowest BCUT2D eigenvalue weighted by Gasteiger charge is -2.24. The molecule has 130 valence electrons. The molecule has 0 radical (unpaired) electrons. The lowest BCUT2D eigenvalue weighted by Crippen LogP contribution is -2.52. The van der Waals surface area contributed by atoms with E-state index in [9.17, 15) is 9.90 Å². The number of nitrogens with one attached hydrogen (secondary N) is 1. The van der Waals surface area contributed by atoms with E-state index in [1.165, 1.54) is 7.11 Å². The lowest BCUT2D eigenvalue weighted by molar-refractivity contribution is -0.126. The van der Waals surface area contributed by atoms with E-state index in [4.69, 9.17) is 15.2 Å². The van der Waals surface area contributed by atoms with Crippen LogP contribution in [0.2, 0.25) is 0 Å². The second kappa shape index (κ2) is 8.38. The largest absolute Gasteiger partial charge is 0.497 e. The van der Waals surface area contributed by atoms with Crippen LogP contribution in [0.4, 0.5) is 0 Å². The molecule has 1 aliphatic rings. The number of carbonyl (C=O) groups is 1. The van der Waals surface area contributed by atoms with Crippen LogP contribution in [0.5, 0.6) is 11.5 Å². The number of nitrogens with two attached hydrogens (primary N) is 1. The molecule has 1 fully saturated rings. The van der Waals surface area contributed by atoms with Crippen molar-refractivity contribution in [3.8, 4) is 11.5 Å². The van der Waals surface area contributed by atoms with Gasteiger partial charge in [-0.3, -0.25) is 4.79 Å². The summed E-state index contributed by atoms with van der Waals surface area (Å²) in [6, 6.07) is 5.17. The third-order valence-corrected chi connectivity index (χ3v) is 4.20. The molecule has 7 heteroatoms. The highest BCUT2D eigenvalue weighted by atomic mass is 35.5. The number of hydrogen-bond donors (Lipinski definition) is 3. The van der Waals surface area contributed by atoms with Crippen molar-refractivity contribution in [2.45, 2.75) is 37.3 Å². The monoisotopic (exact) mass is 344 g/mol. The molecule has 0 aliphatic heterocycles. The Morgan fingerprint density at radius 1 is 1.35 bits per heavy atom. The number of carbonyl (C=O) groups excluding carboxylic acids is 1.